The Morgan fingerprint density at radius 1 is 1.29 bits per heavy atom. The maximum Gasteiger partial charge on any atom is 0.0125 e. The van der Waals surface area contributed by atoms with Crippen molar-refractivity contribution in [2.75, 3.05) is 6.54 Å². The molecule has 0 amide bonds. The lowest BCUT2D eigenvalue weighted by Crippen LogP contribution is -2.28. The molecule has 0 spiro atoms. The van der Waals surface area contributed by atoms with Gasteiger partial charge in [0.1, 0.15) is 0 Å². The first-order valence-corrected chi connectivity index (χ1v) is 6.98. The van der Waals surface area contributed by atoms with E-state index in [2.05, 4.69) is 43.4 Å². The molecule has 1 saturated carbocycles. The van der Waals surface area contributed by atoms with Crippen LogP contribution in [0.15, 0.2) is 24.3 Å². The monoisotopic (exact) mass is 229 g/mol. The summed E-state index contributed by atoms with van der Waals surface area (Å²) in [4.78, 5) is 0. The molecule has 92 valence electrons. The molecule has 2 unspecified atom stereocenters. The molecule has 17 heavy (non-hydrogen) atoms. The summed E-state index contributed by atoms with van der Waals surface area (Å²) in [7, 11) is 0. The molecule has 1 heteroatoms. The average Bonchev–Trinajstić information content (AvgIpc) is 2.94. The minimum absolute atomic E-state index is 0.550. The van der Waals surface area contributed by atoms with Gasteiger partial charge in [-0.3, -0.25) is 0 Å². The lowest BCUT2D eigenvalue weighted by molar-refractivity contribution is 0.474. The zero-order chi connectivity index (χ0) is 11.9. The van der Waals surface area contributed by atoms with Crippen molar-refractivity contribution in [1.29, 1.82) is 0 Å². The highest BCUT2D eigenvalue weighted by Crippen LogP contribution is 2.45. The Bertz CT molecular complexity index is 408. The first kappa shape index (κ1) is 11.3. The first-order chi connectivity index (χ1) is 8.17. The van der Waals surface area contributed by atoms with Crippen molar-refractivity contribution in [2.24, 2.45) is 5.41 Å². The van der Waals surface area contributed by atoms with Crippen molar-refractivity contribution in [3.63, 3.8) is 0 Å². The van der Waals surface area contributed by atoms with Crippen molar-refractivity contribution in [2.45, 2.75) is 51.5 Å². The molecular weight excluding hydrogens is 206 g/mol. The molecule has 2 aliphatic rings. The van der Waals surface area contributed by atoms with Crippen molar-refractivity contribution >= 4 is 0 Å². The molecule has 1 aromatic carbocycles. The second-order valence-corrected chi connectivity index (χ2v) is 6.44. The number of fused-ring (bicyclic) bond motifs is 1. The molecule has 1 fully saturated rings. The summed E-state index contributed by atoms with van der Waals surface area (Å²) in [5.74, 6) is 0.747. The Morgan fingerprint density at radius 2 is 2.06 bits per heavy atom. The van der Waals surface area contributed by atoms with E-state index in [0.717, 1.165) is 12.0 Å². The van der Waals surface area contributed by atoms with Gasteiger partial charge in [0.15, 0.2) is 0 Å². The Morgan fingerprint density at radius 3 is 2.82 bits per heavy atom. The maximum atomic E-state index is 3.76. The molecule has 3 rings (SSSR count). The van der Waals surface area contributed by atoms with Gasteiger partial charge < -0.3 is 5.32 Å². The normalized spacial score (nSPS) is 29.8. The van der Waals surface area contributed by atoms with Crippen LogP contribution in [0.25, 0.3) is 0 Å². The molecule has 1 aromatic rings. The third-order valence-corrected chi connectivity index (χ3v) is 4.62. The van der Waals surface area contributed by atoms with E-state index in [1.54, 1.807) is 11.1 Å². The summed E-state index contributed by atoms with van der Waals surface area (Å²) in [6, 6.07) is 9.77. The molecule has 2 atom stereocenters. The fraction of sp³-hybridized carbons (Fsp3) is 0.625. The molecule has 0 heterocycles. The van der Waals surface area contributed by atoms with E-state index in [-0.39, 0.29) is 0 Å². The minimum atomic E-state index is 0.550. The standard InChI is InChI=1S/C16H23N/c1-16(2)10-15(16)17-11-13-8-5-7-12-6-3-4-9-14(12)13/h3-4,6,9,13,15,17H,5,7-8,10-11H2,1-2H3. The topological polar surface area (TPSA) is 12.0 Å². The van der Waals surface area contributed by atoms with Gasteiger partial charge in [0.2, 0.25) is 0 Å². The highest BCUT2D eigenvalue weighted by molar-refractivity contribution is 5.32. The smallest absolute Gasteiger partial charge is 0.0125 e. The van der Waals surface area contributed by atoms with Gasteiger partial charge in [-0.25, -0.2) is 0 Å². The average molecular weight is 229 g/mol. The molecule has 0 bridgehead atoms. The largest absolute Gasteiger partial charge is 0.313 e. The van der Waals surface area contributed by atoms with E-state index in [1.165, 1.54) is 32.2 Å². The second-order valence-electron chi connectivity index (χ2n) is 6.44. The number of benzene rings is 1. The van der Waals surface area contributed by atoms with Gasteiger partial charge in [0, 0.05) is 12.6 Å². The number of rotatable bonds is 3. The molecule has 0 aliphatic heterocycles. The second kappa shape index (κ2) is 4.13. The number of hydrogen-bond donors (Lipinski definition) is 1. The molecule has 0 saturated heterocycles. The number of hydrogen-bond acceptors (Lipinski definition) is 1. The predicted octanol–water partition coefficient (Wildman–Crippen LogP) is 3.49. The van der Waals surface area contributed by atoms with Crippen LogP contribution >= 0.6 is 0 Å². The van der Waals surface area contributed by atoms with E-state index in [1.807, 2.05) is 0 Å². The van der Waals surface area contributed by atoms with Gasteiger partial charge >= 0.3 is 0 Å². The van der Waals surface area contributed by atoms with Crippen molar-refractivity contribution in [1.82, 2.24) is 5.32 Å². The van der Waals surface area contributed by atoms with E-state index in [0.29, 0.717) is 5.41 Å². The molecule has 2 aliphatic carbocycles. The summed E-state index contributed by atoms with van der Waals surface area (Å²) >= 11 is 0. The Labute approximate surface area is 105 Å². The van der Waals surface area contributed by atoms with Crippen molar-refractivity contribution in [3.8, 4) is 0 Å². The molecular formula is C16H23N. The first-order valence-electron chi connectivity index (χ1n) is 6.98. The summed E-state index contributed by atoms with van der Waals surface area (Å²) < 4.78 is 0. The number of nitrogens with one attached hydrogen (secondary N) is 1. The van der Waals surface area contributed by atoms with Crippen LogP contribution in [0.4, 0.5) is 0 Å². The van der Waals surface area contributed by atoms with Crippen LogP contribution in [0.1, 0.15) is 50.2 Å². The lowest BCUT2D eigenvalue weighted by atomic mass is 9.83. The minimum Gasteiger partial charge on any atom is -0.313 e. The number of aryl methyl sites for hydroxylation is 1. The highest BCUT2D eigenvalue weighted by Gasteiger charge is 2.45. The predicted molar refractivity (Wildman–Crippen MR) is 72.3 cm³/mol. The van der Waals surface area contributed by atoms with Crippen molar-refractivity contribution in [3.05, 3.63) is 35.4 Å². The van der Waals surface area contributed by atoms with E-state index >= 15 is 0 Å². The zero-order valence-corrected chi connectivity index (χ0v) is 11.0. The quantitative estimate of drug-likeness (QED) is 0.836. The van der Waals surface area contributed by atoms with Crippen LogP contribution in [0.5, 0.6) is 0 Å². The van der Waals surface area contributed by atoms with Gasteiger partial charge in [-0.05, 0) is 48.1 Å². The Hall–Kier alpha value is -0.820. The summed E-state index contributed by atoms with van der Waals surface area (Å²) in [5, 5.41) is 3.76. The summed E-state index contributed by atoms with van der Waals surface area (Å²) in [6.45, 7) is 5.89. The highest BCUT2D eigenvalue weighted by atomic mass is 15.0. The van der Waals surface area contributed by atoms with Crippen LogP contribution < -0.4 is 5.32 Å². The maximum absolute atomic E-state index is 3.76. The van der Waals surface area contributed by atoms with Crippen LogP contribution in [-0.2, 0) is 6.42 Å². The van der Waals surface area contributed by atoms with Gasteiger partial charge in [0.25, 0.3) is 0 Å². The van der Waals surface area contributed by atoms with Crippen LogP contribution in [0, 0.1) is 5.41 Å². The van der Waals surface area contributed by atoms with Gasteiger partial charge in [0.05, 0.1) is 0 Å². The Kier molecular flexibility index (Phi) is 2.74. The van der Waals surface area contributed by atoms with Gasteiger partial charge in [-0.2, -0.15) is 0 Å². The van der Waals surface area contributed by atoms with Gasteiger partial charge in [-0.1, -0.05) is 38.1 Å². The van der Waals surface area contributed by atoms with Crippen molar-refractivity contribution < 1.29 is 0 Å². The van der Waals surface area contributed by atoms with Crippen LogP contribution in [-0.4, -0.2) is 12.6 Å². The molecule has 1 nitrogen and oxygen atoms in total. The molecule has 0 radical (unpaired) electrons. The van der Waals surface area contributed by atoms with Crippen LogP contribution in [0.3, 0.4) is 0 Å². The van der Waals surface area contributed by atoms with Gasteiger partial charge in [-0.15, -0.1) is 0 Å². The fourth-order valence-corrected chi connectivity index (χ4v) is 3.17. The summed E-state index contributed by atoms with van der Waals surface area (Å²) in [6.07, 6.45) is 5.34. The fourth-order valence-electron chi connectivity index (χ4n) is 3.17. The zero-order valence-electron chi connectivity index (χ0n) is 11.0. The molecule has 0 aromatic heterocycles. The molecule has 1 N–H and O–H groups in total. The summed E-state index contributed by atoms with van der Waals surface area (Å²) in [5.41, 5.74) is 3.74. The van der Waals surface area contributed by atoms with E-state index in [4.69, 9.17) is 0 Å². The third kappa shape index (κ3) is 2.26. The van der Waals surface area contributed by atoms with E-state index < -0.39 is 0 Å². The Balaban J connectivity index is 1.65. The van der Waals surface area contributed by atoms with Crippen LogP contribution in [0.2, 0.25) is 0 Å². The lowest BCUT2D eigenvalue weighted by Gasteiger charge is -2.26. The van der Waals surface area contributed by atoms with E-state index in [9.17, 15) is 0 Å². The SMILES string of the molecule is CC1(C)CC1NCC1CCCc2ccccc21. The third-order valence-electron chi connectivity index (χ3n) is 4.62.